The molecule has 0 heterocycles. The van der Waals surface area contributed by atoms with Crippen LogP contribution in [0.4, 0.5) is 4.39 Å². The zero-order valence-electron chi connectivity index (χ0n) is 6.67. The Morgan fingerprint density at radius 1 is 1.69 bits per heavy atom. The third-order valence-corrected chi connectivity index (χ3v) is 2.30. The summed E-state index contributed by atoms with van der Waals surface area (Å²) in [6, 6.07) is 0.827. The first kappa shape index (κ1) is 9.98. The van der Waals surface area contributed by atoms with Gasteiger partial charge in [0.25, 0.3) is 0 Å². The van der Waals surface area contributed by atoms with E-state index in [1.807, 2.05) is 0 Å². The fourth-order valence-corrected chi connectivity index (χ4v) is 1.55. The molecule has 1 rings (SSSR count). The molecule has 1 aromatic rings. The smallest absolute Gasteiger partial charge is 0.175 e. The number of ether oxygens (including phenoxy) is 1. The molecule has 0 bridgehead atoms. The summed E-state index contributed by atoms with van der Waals surface area (Å²) in [4.78, 5) is 10.4. The summed E-state index contributed by atoms with van der Waals surface area (Å²) in [6.07, 6.45) is 0.349. The Morgan fingerprint density at radius 2 is 2.31 bits per heavy atom. The van der Waals surface area contributed by atoms with Crippen LogP contribution in [0.25, 0.3) is 0 Å². The Bertz CT molecular complexity index is 352. The van der Waals surface area contributed by atoms with Gasteiger partial charge in [-0.25, -0.2) is 4.39 Å². The zero-order chi connectivity index (χ0) is 10.0. The molecule has 13 heavy (non-hydrogen) atoms. The topological polar surface area (TPSA) is 46.5 Å². The van der Waals surface area contributed by atoms with Crippen molar-refractivity contribution < 1.29 is 19.0 Å². The summed E-state index contributed by atoms with van der Waals surface area (Å²) >= 11 is 2.95. The van der Waals surface area contributed by atoms with E-state index >= 15 is 0 Å². The molecule has 0 aliphatic heterocycles. The number of carbonyl (C=O) groups is 1. The Morgan fingerprint density at radius 3 is 2.77 bits per heavy atom. The van der Waals surface area contributed by atoms with E-state index in [1.165, 1.54) is 7.11 Å². The quantitative estimate of drug-likeness (QED) is 0.816. The lowest BCUT2D eigenvalue weighted by Crippen LogP contribution is -1.94. The highest BCUT2D eigenvalue weighted by Crippen LogP contribution is 2.37. The van der Waals surface area contributed by atoms with Gasteiger partial charge >= 0.3 is 0 Å². The van der Waals surface area contributed by atoms with Gasteiger partial charge in [0.1, 0.15) is 5.82 Å². The minimum Gasteiger partial charge on any atom is -0.504 e. The molecule has 3 nitrogen and oxygen atoms in total. The number of rotatable bonds is 2. The molecule has 1 aromatic carbocycles. The molecular formula is C8H6BrFO3. The van der Waals surface area contributed by atoms with Crippen molar-refractivity contribution >= 4 is 22.2 Å². The SMILES string of the molecule is COc1c(O)cc(F)c(C=O)c1Br. The van der Waals surface area contributed by atoms with E-state index in [-0.39, 0.29) is 21.5 Å². The van der Waals surface area contributed by atoms with E-state index in [9.17, 15) is 14.3 Å². The van der Waals surface area contributed by atoms with Gasteiger partial charge in [0.05, 0.1) is 17.1 Å². The number of methoxy groups -OCH3 is 1. The van der Waals surface area contributed by atoms with Crippen LogP contribution in [0.5, 0.6) is 11.5 Å². The zero-order valence-corrected chi connectivity index (χ0v) is 8.26. The summed E-state index contributed by atoms with van der Waals surface area (Å²) in [5.41, 5.74) is -0.172. The van der Waals surface area contributed by atoms with Gasteiger partial charge < -0.3 is 9.84 Å². The fraction of sp³-hybridized carbons (Fsp3) is 0.125. The molecule has 0 unspecified atom stereocenters. The van der Waals surface area contributed by atoms with Crippen LogP contribution >= 0.6 is 15.9 Å². The summed E-state index contributed by atoms with van der Waals surface area (Å²) < 4.78 is 17.8. The number of benzene rings is 1. The first-order valence-corrected chi connectivity index (χ1v) is 4.11. The van der Waals surface area contributed by atoms with Crippen LogP contribution in [0.15, 0.2) is 10.5 Å². The van der Waals surface area contributed by atoms with Gasteiger partial charge in [-0.2, -0.15) is 0 Å². The van der Waals surface area contributed by atoms with Crippen LogP contribution in [0.1, 0.15) is 10.4 Å². The van der Waals surface area contributed by atoms with Gasteiger partial charge in [0, 0.05) is 6.07 Å². The fourth-order valence-electron chi connectivity index (χ4n) is 0.905. The van der Waals surface area contributed by atoms with Crippen molar-refractivity contribution in [2.45, 2.75) is 0 Å². The normalized spacial score (nSPS) is 9.77. The molecule has 0 aliphatic rings. The van der Waals surface area contributed by atoms with Crippen LogP contribution in [0, 0.1) is 5.82 Å². The lowest BCUT2D eigenvalue weighted by atomic mass is 10.2. The minimum absolute atomic E-state index is 0.0449. The highest BCUT2D eigenvalue weighted by molar-refractivity contribution is 9.10. The standard InChI is InChI=1S/C8H6BrFO3/c1-13-8-6(12)2-5(10)4(3-11)7(8)9/h2-3,12H,1H3. The Hall–Kier alpha value is -1.10. The molecule has 0 spiro atoms. The van der Waals surface area contributed by atoms with Crippen molar-refractivity contribution in [2.75, 3.05) is 7.11 Å². The lowest BCUT2D eigenvalue weighted by Gasteiger charge is -2.07. The van der Waals surface area contributed by atoms with Gasteiger partial charge in [-0.3, -0.25) is 4.79 Å². The van der Waals surface area contributed by atoms with Gasteiger partial charge in [-0.05, 0) is 15.9 Å². The van der Waals surface area contributed by atoms with Gasteiger partial charge in [-0.15, -0.1) is 0 Å². The monoisotopic (exact) mass is 248 g/mol. The second-order valence-electron chi connectivity index (χ2n) is 2.26. The highest BCUT2D eigenvalue weighted by atomic mass is 79.9. The predicted octanol–water partition coefficient (Wildman–Crippen LogP) is 2.11. The van der Waals surface area contributed by atoms with Crippen LogP contribution < -0.4 is 4.74 Å². The molecule has 0 saturated heterocycles. The molecular weight excluding hydrogens is 243 g/mol. The first-order valence-electron chi connectivity index (χ1n) is 3.32. The molecule has 0 saturated carbocycles. The van der Waals surface area contributed by atoms with E-state index in [4.69, 9.17) is 4.74 Å². The van der Waals surface area contributed by atoms with Crippen LogP contribution in [-0.2, 0) is 0 Å². The maximum Gasteiger partial charge on any atom is 0.175 e. The van der Waals surface area contributed by atoms with Crippen molar-refractivity contribution in [1.82, 2.24) is 0 Å². The molecule has 0 aliphatic carbocycles. The van der Waals surface area contributed by atoms with Crippen LogP contribution in [0.2, 0.25) is 0 Å². The number of aldehydes is 1. The number of hydrogen-bond acceptors (Lipinski definition) is 3. The molecule has 5 heteroatoms. The van der Waals surface area contributed by atoms with Gasteiger partial charge in [0.2, 0.25) is 0 Å². The summed E-state index contributed by atoms with van der Waals surface area (Å²) in [7, 11) is 1.31. The van der Waals surface area contributed by atoms with Crippen molar-refractivity contribution in [3.63, 3.8) is 0 Å². The third-order valence-electron chi connectivity index (χ3n) is 1.51. The summed E-state index contributed by atoms with van der Waals surface area (Å²) in [6.45, 7) is 0. The Kier molecular flexibility index (Phi) is 2.87. The van der Waals surface area contributed by atoms with E-state index in [0.29, 0.717) is 6.29 Å². The van der Waals surface area contributed by atoms with Crippen molar-refractivity contribution in [2.24, 2.45) is 0 Å². The Balaban J connectivity index is 3.47. The molecule has 0 atom stereocenters. The van der Waals surface area contributed by atoms with Crippen LogP contribution in [0.3, 0.4) is 0 Å². The molecule has 70 valence electrons. The van der Waals surface area contributed by atoms with Crippen molar-refractivity contribution in [3.05, 3.63) is 21.9 Å². The van der Waals surface area contributed by atoms with Crippen molar-refractivity contribution in [1.29, 1.82) is 0 Å². The average Bonchev–Trinajstić information content (AvgIpc) is 2.04. The number of aromatic hydroxyl groups is 1. The highest BCUT2D eigenvalue weighted by Gasteiger charge is 2.15. The molecule has 0 aromatic heterocycles. The minimum atomic E-state index is -0.792. The largest absolute Gasteiger partial charge is 0.504 e. The number of carbonyl (C=O) groups excluding carboxylic acids is 1. The molecule has 1 N–H and O–H groups in total. The lowest BCUT2D eigenvalue weighted by molar-refractivity contribution is 0.111. The van der Waals surface area contributed by atoms with Gasteiger partial charge in [-0.1, -0.05) is 0 Å². The second kappa shape index (κ2) is 3.74. The number of halogens is 2. The number of phenols is 1. The second-order valence-corrected chi connectivity index (χ2v) is 3.05. The molecule has 0 radical (unpaired) electrons. The maximum atomic E-state index is 13.0. The van der Waals surface area contributed by atoms with Gasteiger partial charge in [0.15, 0.2) is 17.8 Å². The number of hydrogen-bond donors (Lipinski definition) is 1. The van der Waals surface area contributed by atoms with E-state index in [1.54, 1.807) is 0 Å². The molecule has 0 fully saturated rings. The van der Waals surface area contributed by atoms with E-state index in [2.05, 4.69) is 15.9 Å². The van der Waals surface area contributed by atoms with E-state index < -0.39 is 5.82 Å². The Labute approximate surface area is 82.3 Å². The third kappa shape index (κ3) is 1.65. The molecule has 0 amide bonds. The number of phenolic OH excluding ortho intramolecular Hbond substituents is 1. The van der Waals surface area contributed by atoms with Crippen molar-refractivity contribution in [3.8, 4) is 11.5 Å². The average molecular weight is 249 g/mol. The van der Waals surface area contributed by atoms with E-state index in [0.717, 1.165) is 6.07 Å². The van der Waals surface area contributed by atoms with Crippen LogP contribution in [-0.4, -0.2) is 18.5 Å². The predicted molar refractivity (Wildman–Crippen MR) is 47.7 cm³/mol. The summed E-state index contributed by atoms with van der Waals surface area (Å²) in [5.74, 6) is -1.10. The maximum absolute atomic E-state index is 13.0. The summed E-state index contributed by atoms with van der Waals surface area (Å²) in [5, 5.41) is 9.18. The first-order chi connectivity index (χ1) is 6.11.